The number of alkyl carbamates (subject to hydrolysis) is 1. The van der Waals surface area contributed by atoms with Crippen molar-refractivity contribution in [1.82, 2.24) is 16.2 Å². The van der Waals surface area contributed by atoms with Gasteiger partial charge in [-0.25, -0.2) is 4.79 Å². The molecule has 2 aromatic rings. The Labute approximate surface area is 192 Å². The van der Waals surface area contributed by atoms with Crippen molar-refractivity contribution in [2.45, 2.75) is 31.4 Å². The molecular formula is C22H21BrN4O5. The summed E-state index contributed by atoms with van der Waals surface area (Å²) < 4.78 is 6.09. The second-order valence-electron chi connectivity index (χ2n) is 7.49. The molecule has 0 unspecified atom stereocenters. The summed E-state index contributed by atoms with van der Waals surface area (Å²) in [6.07, 6.45) is -0.589. The minimum Gasteiger partial charge on any atom is -0.436 e. The summed E-state index contributed by atoms with van der Waals surface area (Å²) in [5, 5.41) is 2.34. The first-order chi connectivity index (χ1) is 15.4. The summed E-state index contributed by atoms with van der Waals surface area (Å²) in [5.41, 5.74) is 7.64. The lowest BCUT2D eigenvalue weighted by Crippen LogP contribution is -2.55. The molecule has 0 radical (unpaired) electrons. The number of rotatable bonds is 3. The number of anilines is 1. The second-order valence-corrected chi connectivity index (χ2v) is 8.40. The number of nitrogens with one attached hydrogen (secondary N) is 3. The van der Waals surface area contributed by atoms with E-state index in [0.29, 0.717) is 30.5 Å². The van der Waals surface area contributed by atoms with Crippen LogP contribution in [0.5, 0.6) is 0 Å². The van der Waals surface area contributed by atoms with Crippen LogP contribution in [0.2, 0.25) is 0 Å². The first kappa shape index (κ1) is 21.8. The van der Waals surface area contributed by atoms with Gasteiger partial charge in [0.25, 0.3) is 17.7 Å². The average Bonchev–Trinajstić information content (AvgIpc) is 3.13. The number of ether oxygens (including phenoxy) is 1. The zero-order valence-electron chi connectivity index (χ0n) is 17.2. The van der Waals surface area contributed by atoms with E-state index >= 15 is 0 Å². The van der Waals surface area contributed by atoms with Crippen molar-refractivity contribution in [2.24, 2.45) is 0 Å². The molecule has 0 spiro atoms. The Balaban J connectivity index is 1.53. The van der Waals surface area contributed by atoms with Gasteiger partial charge >= 0.3 is 6.09 Å². The van der Waals surface area contributed by atoms with Gasteiger partial charge in [-0.2, -0.15) is 0 Å². The summed E-state index contributed by atoms with van der Waals surface area (Å²) in [6.45, 7) is 0. The molecule has 2 aromatic carbocycles. The summed E-state index contributed by atoms with van der Waals surface area (Å²) in [7, 11) is 1.41. The van der Waals surface area contributed by atoms with Gasteiger partial charge in [0.2, 0.25) is 0 Å². The molecular weight excluding hydrogens is 480 g/mol. The van der Waals surface area contributed by atoms with E-state index in [4.69, 9.17) is 4.74 Å². The molecule has 4 rings (SSSR count). The minimum atomic E-state index is -1.01. The van der Waals surface area contributed by atoms with Crippen molar-refractivity contribution >= 4 is 45.4 Å². The summed E-state index contributed by atoms with van der Waals surface area (Å²) in [6, 6.07) is 11.4. The third kappa shape index (κ3) is 4.18. The summed E-state index contributed by atoms with van der Waals surface area (Å²) in [5.74, 6) is -1.48. The quantitative estimate of drug-likeness (QED) is 0.556. The second kappa shape index (κ2) is 8.99. The van der Waals surface area contributed by atoms with E-state index in [-0.39, 0.29) is 0 Å². The average molecular weight is 501 g/mol. The maximum absolute atomic E-state index is 13.3. The van der Waals surface area contributed by atoms with Gasteiger partial charge in [0, 0.05) is 23.5 Å². The van der Waals surface area contributed by atoms with E-state index in [2.05, 4.69) is 32.1 Å². The number of nitrogens with zero attached hydrogens (tertiary/aromatic N) is 1. The Kier molecular flexibility index (Phi) is 6.13. The Morgan fingerprint density at radius 2 is 1.78 bits per heavy atom. The van der Waals surface area contributed by atoms with E-state index in [1.807, 2.05) is 18.2 Å². The molecule has 2 aliphatic heterocycles. The fourth-order valence-corrected chi connectivity index (χ4v) is 4.25. The number of halogens is 1. The number of hydrogen-bond acceptors (Lipinski definition) is 5. The molecule has 166 valence electrons. The lowest BCUT2D eigenvalue weighted by Gasteiger charge is -2.27. The van der Waals surface area contributed by atoms with Crippen LogP contribution in [0.25, 0.3) is 0 Å². The summed E-state index contributed by atoms with van der Waals surface area (Å²) in [4.78, 5) is 51.8. The van der Waals surface area contributed by atoms with Crippen LogP contribution in [0, 0.1) is 0 Å². The Morgan fingerprint density at radius 3 is 2.50 bits per heavy atom. The van der Waals surface area contributed by atoms with Crippen molar-refractivity contribution in [1.29, 1.82) is 0 Å². The number of hydrogen-bond donors (Lipinski definition) is 3. The molecule has 0 aliphatic carbocycles. The molecule has 3 N–H and O–H groups in total. The highest BCUT2D eigenvalue weighted by Gasteiger charge is 2.44. The molecule has 9 nitrogen and oxygen atoms in total. The lowest BCUT2D eigenvalue weighted by molar-refractivity contribution is -0.130. The van der Waals surface area contributed by atoms with Gasteiger partial charge in [-0.3, -0.25) is 30.1 Å². The van der Waals surface area contributed by atoms with Crippen LogP contribution in [-0.2, 0) is 27.2 Å². The predicted molar refractivity (Wildman–Crippen MR) is 119 cm³/mol. The third-order valence-electron chi connectivity index (χ3n) is 5.52. The SMILES string of the molecule is CNC(=O)O[C@H]1CCc2cccc3c2N(C1=O)[C@H](C(=O)NNC(=O)c1ccc(Br)cc1)C3. The summed E-state index contributed by atoms with van der Waals surface area (Å²) >= 11 is 3.30. The van der Waals surface area contributed by atoms with Gasteiger partial charge in [-0.1, -0.05) is 34.1 Å². The maximum Gasteiger partial charge on any atom is 0.407 e. The Morgan fingerprint density at radius 1 is 1.06 bits per heavy atom. The molecule has 0 aromatic heterocycles. The molecule has 0 fully saturated rings. The number of carbonyl (C=O) groups is 4. The number of carbonyl (C=O) groups excluding carboxylic acids is 4. The smallest absolute Gasteiger partial charge is 0.407 e. The molecule has 2 aliphatic rings. The van der Waals surface area contributed by atoms with Gasteiger partial charge in [0.05, 0.1) is 5.69 Å². The Hall–Kier alpha value is -3.40. The standard InChI is InChI=1S/C22H21BrN4O5/c1-24-22(31)32-17-10-7-12-3-2-4-14-11-16(27(18(12)14)21(17)30)20(29)26-25-19(28)13-5-8-15(23)9-6-13/h2-6,8-9,16-17H,7,10-11H2,1H3,(H,24,31)(H,25,28)(H,26,29)/t16-,17-/m0/s1. The molecule has 2 atom stereocenters. The number of aryl methyl sites for hydroxylation is 1. The normalized spacial score (nSPS) is 18.9. The van der Waals surface area contributed by atoms with Gasteiger partial charge in [-0.05, 0) is 48.2 Å². The van der Waals surface area contributed by atoms with Crippen molar-refractivity contribution in [2.75, 3.05) is 11.9 Å². The molecule has 4 amide bonds. The first-order valence-electron chi connectivity index (χ1n) is 10.1. The highest BCUT2D eigenvalue weighted by Crippen LogP contribution is 2.39. The molecule has 0 bridgehead atoms. The predicted octanol–water partition coefficient (Wildman–Crippen LogP) is 1.84. The van der Waals surface area contributed by atoms with Crippen molar-refractivity contribution in [3.8, 4) is 0 Å². The lowest BCUT2D eigenvalue weighted by atomic mass is 10.0. The van der Waals surface area contributed by atoms with Crippen LogP contribution >= 0.6 is 15.9 Å². The van der Waals surface area contributed by atoms with E-state index in [0.717, 1.165) is 15.6 Å². The van der Waals surface area contributed by atoms with Crippen molar-refractivity contribution in [3.05, 3.63) is 63.6 Å². The molecule has 2 heterocycles. The molecule has 0 saturated carbocycles. The van der Waals surface area contributed by atoms with Crippen LogP contribution in [0.15, 0.2) is 46.9 Å². The van der Waals surface area contributed by atoms with Crippen LogP contribution in [0.1, 0.15) is 27.9 Å². The van der Waals surface area contributed by atoms with Crippen molar-refractivity contribution in [3.63, 3.8) is 0 Å². The number of amides is 4. The van der Waals surface area contributed by atoms with Crippen LogP contribution in [-0.4, -0.2) is 43.0 Å². The van der Waals surface area contributed by atoms with Crippen molar-refractivity contribution < 1.29 is 23.9 Å². The zero-order valence-corrected chi connectivity index (χ0v) is 18.8. The number of hydrazine groups is 1. The van der Waals surface area contributed by atoms with Gasteiger partial charge in [0.15, 0.2) is 6.10 Å². The largest absolute Gasteiger partial charge is 0.436 e. The van der Waals surface area contributed by atoms with Crippen LogP contribution in [0.4, 0.5) is 10.5 Å². The number of benzene rings is 2. The fraction of sp³-hybridized carbons (Fsp3) is 0.273. The van der Waals surface area contributed by atoms with E-state index in [1.54, 1.807) is 24.3 Å². The fourth-order valence-electron chi connectivity index (χ4n) is 3.99. The first-order valence-corrected chi connectivity index (χ1v) is 10.9. The highest BCUT2D eigenvalue weighted by atomic mass is 79.9. The zero-order chi connectivity index (χ0) is 22.8. The van der Waals surface area contributed by atoms with Crippen LogP contribution < -0.4 is 21.1 Å². The van der Waals surface area contributed by atoms with Crippen LogP contribution in [0.3, 0.4) is 0 Å². The molecule has 10 heteroatoms. The molecule has 32 heavy (non-hydrogen) atoms. The third-order valence-corrected chi connectivity index (χ3v) is 6.05. The monoisotopic (exact) mass is 500 g/mol. The maximum atomic E-state index is 13.3. The van der Waals surface area contributed by atoms with E-state index in [9.17, 15) is 19.2 Å². The van der Waals surface area contributed by atoms with Gasteiger partial charge in [-0.15, -0.1) is 0 Å². The highest BCUT2D eigenvalue weighted by molar-refractivity contribution is 9.10. The van der Waals surface area contributed by atoms with Gasteiger partial charge in [0.1, 0.15) is 6.04 Å². The van der Waals surface area contributed by atoms with E-state index < -0.39 is 36.0 Å². The van der Waals surface area contributed by atoms with E-state index in [1.165, 1.54) is 11.9 Å². The molecule has 0 saturated heterocycles. The minimum absolute atomic E-state index is 0.293. The topological polar surface area (TPSA) is 117 Å². The Bertz CT molecular complexity index is 1090. The van der Waals surface area contributed by atoms with Gasteiger partial charge < -0.3 is 10.1 Å². The number of para-hydroxylation sites is 1.